The molecule has 0 saturated carbocycles. The van der Waals surface area contributed by atoms with Crippen molar-refractivity contribution in [1.82, 2.24) is 10.2 Å². The molecule has 11 heteroatoms. The quantitative estimate of drug-likeness (QED) is 0.165. The number of halogens is 1. The van der Waals surface area contributed by atoms with Crippen LogP contribution in [0, 0.1) is 11.7 Å². The van der Waals surface area contributed by atoms with Crippen LogP contribution in [-0.4, -0.2) is 45.4 Å². The van der Waals surface area contributed by atoms with Crippen molar-refractivity contribution in [1.29, 1.82) is 0 Å². The summed E-state index contributed by atoms with van der Waals surface area (Å²) in [6.07, 6.45) is 0.786. The predicted molar refractivity (Wildman–Crippen MR) is 174 cm³/mol. The van der Waals surface area contributed by atoms with E-state index in [-0.39, 0.29) is 28.8 Å². The first-order valence-electron chi connectivity index (χ1n) is 14.8. The van der Waals surface area contributed by atoms with Crippen LogP contribution in [0.5, 0.6) is 11.5 Å². The maximum absolute atomic E-state index is 13.9. The number of anilines is 1. The van der Waals surface area contributed by atoms with Gasteiger partial charge in [-0.2, -0.15) is 0 Å². The van der Waals surface area contributed by atoms with E-state index in [1.54, 1.807) is 31.4 Å². The van der Waals surface area contributed by atoms with E-state index in [9.17, 15) is 22.4 Å². The standard InChI is InChI=1S/C35H38FN3O6S/c1-25(2)21-22-37-35(41)34(27-7-5-4-6-8-27)39(23-26-9-15-30(44-3)16-10-26)33(40)24-45-31-17-19-32(20-18-31)46(42,43)38-29-13-11-28(36)12-14-29/h4-20,25,34,38H,21-24H2,1-3H3,(H,37,41). The van der Waals surface area contributed by atoms with Gasteiger partial charge in [0.2, 0.25) is 5.91 Å². The molecule has 0 aliphatic carbocycles. The molecule has 0 saturated heterocycles. The summed E-state index contributed by atoms with van der Waals surface area (Å²) in [5, 5.41) is 2.99. The van der Waals surface area contributed by atoms with Gasteiger partial charge in [-0.15, -0.1) is 0 Å². The van der Waals surface area contributed by atoms with E-state index >= 15 is 0 Å². The van der Waals surface area contributed by atoms with Crippen LogP contribution in [0.4, 0.5) is 10.1 Å². The SMILES string of the molecule is COc1ccc(CN(C(=O)COc2ccc(S(=O)(=O)Nc3ccc(F)cc3)cc2)C(C(=O)NCCC(C)C)c2ccccc2)cc1. The fourth-order valence-electron chi connectivity index (χ4n) is 4.62. The van der Waals surface area contributed by atoms with Gasteiger partial charge in [-0.25, -0.2) is 12.8 Å². The molecule has 2 N–H and O–H groups in total. The second-order valence-electron chi connectivity index (χ2n) is 11.0. The molecule has 1 unspecified atom stereocenters. The first-order chi connectivity index (χ1) is 22.1. The first kappa shape index (κ1) is 34.0. The zero-order valence-electron chi connectivity index (χ0n) is 26.0. The maximum Gasteiger partial charge on any atom is 0.261 e. The molecule has 0 aromatic heterocycles. The average molecular weight is 648 g/mol. The zero-order valence-corrected chi connectivity index (χ0v) is 26.8. The normalized spacial score (nSPS) is 11.8. The number of nitrogens with one attached hydrogen (secondary N) is 2. The summed E-state index contributed by atoms with van der Waals surface area (Å²) in [7, 11) is -2.38. The molecule has 0 spiro atoms. The summed E-state index contributed by atoms with van der Waals surface area (Å²) in [5.41, 5.74) is 1.65. The summed E-state index contributed by atoms with van der Waals surface area (Å²) in [4.78, 5) is 29.0. The number of nitrogens with zero attached hydrogens (tertiary/aromatic N) is 1. The Morgan fingerprint density at radius 3 is 2.09 bits per heavy atom. The minimum Gasteiger partial charge on any atom is -0.497 e. The third-order valence-corrected chi connectivity index (χ3v) is 8.52. The van der Waals surface area contributed by atoms with Gasteiger partial charge in [0.05, 0.1) is 12.0 Å². The number of hydrogen-bond donors (Lipinski definition) is 2. The van der Waals surface area contributed by atoms with Gasteiger partial charge in [-0.1, -0.05) is 56.3 Å². The Hall–Kier alpha value is -4.90. The summed E-state index contributed by atoms with van der Waals surface area (Å²) in [6.45, 7) is 4.32. The molecule has 4 rings (SSSR count). The van der Waals surface area contributed by atoms with Gasteiger partial charge in [0, 0.05) is 18.8 Å². The lowest BCUT2D eigenvalue weighted by Gasteiger charge is -2.31. The lowest BCUT2D eigenvalue weighted by Crippen LogP contribution is -2.45. The van der Waals surface area contributed by atoms with Crippen LogP contribution in [0.3, 0.4) is 0 Å². The van der Waals surface area contributed by atoms with Gasteiger partial charge in [0.1, 0.15) is 23.4 Å². The molecule has 0 heterocycles. The van der Waals surface area contributed by atoms with Crippen molar-refractivity contribution in [3.8, 4) is 11.5 Å². The fraction of sp³-hybridized carbons (Fsp3) is 0.257. The molecule has 0 radical (unpaired) electrons. The Morgan fingerprint density at radius 1 is 0.848 bits per heavy atom. The summed E-state index contributed by atoms with van der Waals surface area (Å²) < 4.78 is 52.3. The summed E-state index contributed by atoms with van der Waals surface area (Å²) in [6, 6.07) is 25.9. The molecule has 0 aliphatic rings. The Kier molecular flexibility index (Phi) is 11.7. The van der Waals surface area contributed by atoms with E-state index in [2.05, 4.69) is 23.9 Å². The molecular formula is C35H38FN3O6S. The molecule has 0 fully saturated rings. The van der Waals surface area contributed by atoms with E-state index in [0.29, 0.717) is 23.8 Å². The van der Waals surface area contributed by atoms with E-state index in [0.717, 1.165) is 24.1 Å². The van der Waals surface area contributed by atoms with Crippen LogP contribution in [0.2, 0.25) is 0 Å². The molecule has 4 aromatic rings. The molecular weight excluding hydrogens is 609 g/mol. The van der Waals surface area contributed by atoms with Gasteiger partial charge >= 0.3 is 0 Å². The van der Waals surface area contributed by atoms with E-state index in [1.165, 1.54) is 41.3 Å². The lowest BCUT2D eigenvalue weighted by atomic mass is 10.0. The van der Waals surface area contributed by atoms with Gasteiger partial charge < -0.3 is 19.7 Å². The number of rotatable bonds is 15. The Bertz CT molecular complexity index is 1680. The van der Waals surface area contributed by atoms with Gasteiger partial charge in [-0.3, -0.25) is 14.3 Å². The first-order valence-corrected chi connectivity index (χ1v) is 16.3. The molecule has 242 valence electrons. The largest absolute Gasteiger partial charge is 0.497 e. The second kappa shape index (κ2) is 15.9. The van der Waals surface area contributed by atoms with Crippen LogP contribution < -0.4 is 19.5 Å². The molecule has 0 bridgehead atoms. The van der Waals surface area contributed by atoms with Crippen molar-refractivity contribution < 1.29 is 31.9 Å². The van der Waals surface area contributed by atoms with Crippen molar-refractivity contribution >= 4 is 27.5 Å². The number of carbonyl (C=O) groups excluding carboxylic acids is 2. The summed E-state index contributed by atoms with van der Waals surface area (Å²) in [5.74, 6) is 0.0742. The van der Waals surface area contributed by atoms with Crippen molar-refractivity contribution in [3.05, 3.63) is 120 Å². The monoisotopic (exact) mass is 647 g/mol. The lowest BCUT2D eigenvalue weighted by molar-refractivity contribution is -0.143. The van der Waals surface area contributed by atoms with Crippen LogP contribution in [0.15, 0.2) is 108 Å². The highest BCUT2D eigenvalue weighted by atomic mass is 32.2. The Labute approximate surface area is 269 Å². The molecule has 46 heavy (non-hydrogen) atoms. The summed E-state index contributed by atoms with van der Waals surface area (Å²) >= 11 is 0. The van der Waals surface area contributed by atoms with Crippen molar-refractivity contribution in [3.63, 3.8) is 0 Å². The van der Waals surface area contributed by atoms with E-state index < -0.39 is 34.4 Å². The molecule has 4 aromatic carbocycles. The fourth-order valence-corrected chi connectivity index (χ4v) is 5.67. The number of methoxy groups -OCH3 is 1. The Morgan fingerprint density at radius 2 is 1.48 bits per heavy atom. The zero-order chi connectivity index (χ0) is 33.1. The van der Waals surface area contributed by atoms with E-state index in [1.807, 2.05) is 30.3 Å². The molecule has 2 amide bonds. The van der Waals surface area contributed by atoms with Crippen LogP contribution in [0.1, 0.15) is 37.4 Å². The van der Waals surface area contributed by atoms with Crippen molar-refractivity contribution in [2.45, 2.75) is 37.8 Å². The number of ether oxygens (including phenoxy) is 2. The minimum atomic E-state index is -3.95. The third kappa shape index (κ3) is 9.55. The van der Waals surface area contributed by atoms with Crippen molar-refractivity contribution in [2.24, 2.45) is 5.92 Å². The van der Waals surface area contributed by atoms with E-state index in [4.69, 9.17) is 9.47 Å². The van der Waals surface area contributed by atoms with Crippen LogP contribution in [-0.2, 0) is 26.2 Å². The number of carbonyl (C=O) groups is 2. The number of amides is 2. The minimum absolute atomic E-state index is 0.0427. The second-order valence-corrected chi connectivity index (χ2v) is 12.7. The number of sulfonamides is 1. The van der Waals surface area contributed by atoms with Crippen LogP contribution in [0.25, 0.3) is 0 Å². The van der Waals surface area contributed by atoms with Crippen LogP contribution >= 0.6 is 0 Å². The topological polar surface area (TPSA) is 114 Å². The number of hydrogen-bond acceptors (Lipinski definition) is 6. The highest BCUT2D eigenvalue weighted by Gasteiger charge is 2.32. The molecule has 9 nitrogen and oxygen atoms in total. The smallest absolute Gasteiger partial charge is 0.261 e. The van der Waals surface area contributed by atoms with Gasteiger partial charge in [0.25, 0.3) is 15.9 Å². The van der Waals surface area contributed by atoms with Gasteiger partial charge in [-0.05, 0) is 84.1 Å². The Balaban J connectivity index is 1.54. The third-order valence-electron chi connectivity index (χ3n) is 7.12. The highest BCUT2D eigenvalue weighted by Crippen LogP contribution is 2.26. The predicted octanol–water partition coefficient (Wildman–Crippen LogP) is 5.95. The number of benzene rings is 4. The molecule has 0 aliphatic heterocycles. The molecule has 1 atom stereocenters. The van der Waals surface area contributed by atoms with Crippen molar-refractivity contribution in [2.75, 3.05) is 25.0 Å². The average Bonchev–Trinajstić information content (AvgIpc) is 3.05. The van der Waals surface area contributed by atoms with Gasteiger partial charge in [0.15, 0.2) is 6.61 Å². The highest BCUT2D eigenvalue weighted by molar-refractivity contribution is 7.92. The maximum atomic E-state index is 13.9.